The molecule has 0 radical (unpaired) electrons. The molecular formula is C15H19BrN2O2. The zero-order valence-electron chi connectivity index (χ0n) is 12.0. The number of rotatable bonds is 5. The fourth-order valence-corrected chi connectivity index (χ4v) is 2.87. The number of carbonyl (C=O) groups is 1. The van der Waals surface area contributed by atoms with Gasteiger partial charge >= 0.3 is 5.97 Å². The van der Waals surface area contributed by atoms with E-state index in [1.807, 2.05) is 10.7 Å². The van der Waals surface area contributed by atoms with Gasteiger partial charge < -0.3 is 4.74 Å². The number of hydrogen-bond donors (Lipinski definition) is 0. The van der Waals surface area contributed by atoms with Gasteiger partial charge in [-0.25, -0.2) is 4.79 Å². The van der Waals surface area contributed by atoms with Crippen LogP contribution in [0.25, 0.3) is 10.9 Å². The van der Waals surface area contributed by atoms with Gasteiger partial charge in [0, 0.05) is 16.4 Å². The molecule has 0 aliphatic carbocycles. The topological polar surface area (TPSA) is 44.1 Å². The normalized spacial score (nSPS) is 11.2. The predicted octanol–water partition coefficient (Wildman–Crippen LogP) is 4.02. The van der Waals surface area contributed by atoms with Gasteiger partial charge in [0.05, 0.1) is 24.4 Å². The van der Waals surface area contributed by atoms with Gasteiger partial charge in [0.1, 0.15) is 0 Å². The minimum absolute atomic E-state index is 0.331. The van der Waals surface area contributed by atoms with Crippen molar-refractivity contribution in [3.05, 3.63) is 28.4 Å². The summed E-state index contributed by atoms with van der Waals surface area (Å²) in [5.41, 5.74) is 1.41. The van der Waals surface area contributed by atoms with Crippen LogP contribution in [0.5, 0.6) is 0 Å². The largest absolute Gasteiger partial charge is 0.465 e. The first-order valence-electron chi connectivity index (χ1n) is 6.84. The highest BCUT2D eigenvalue weighted by Crippen LogP contribution is 2.26. The van der Waals surface area contributed by atoms with Crippen molar-refractivity contribution in [2.24, 2.45) is 5.92 Å². The number of esters is 1. The Labute approximate surface area is 127 Å². The highest BCUT2D eigenvalue weighted by molar-refractivity contribution is 9.10. The summed E-state index contributed by atoms with van der Waals surface area (Å²) >= 11 is 3.42. The maximum absolute atomic E-state index is 12.0. The minimum Gasteiger partial charge on any atom is -0.465 e. The molecule has 0 amide bonds. The second-order valence-electron chi connectivity index (χ2n) is 4.89. The van der Waals surface area contributed by atoms with E-state index in [1.165, 1.54) is 7.11 Å². The third-order valence-corrected chi connectivity index (χ3v) is 4.15. The number of halogens is 1. The molecule has 0 N–H and O–H groups in total. The Bertz CT molecular complexity index is 618. The molecule has 108 valence electrons. The fourth-order valence-electron chi connectivity index (χ4n) is 2.39. The van der Waals surface area contributed by atoms with Crippen LogP contribution in [0.4, 0.5) is 0 Å². The first-order chi connectivity index (χ1) is 9.60. The van der Waals surface area contributed by atoms with E-state index in [4.69, 9.17) is 4.74 Å². The number of ether oxygens (including phenoxy) is 1. The summed E-state index contributed by atoms with van der Waals surface area (Å²) in [6, 6.07) is 3.76. The molecule has 20 heavy (non-hydrogen) atoms. The van der Waals surface area contributed by atoms with Crippen LogP contribution >= 0.6 is 15.9 Å². The molecule has 0 aliphatic heterocycles. The molecule has 0 bridgehead atoms. The van der Waals surface area contributed by atoms with Gasteiger partial charge in [-0.2, -0.15) is 5.10 Å². The Hall–Kier alpha value is -1.36. The third kappa shape index (κ3) is 2.87. The lowest BCUT2D eigenvalue weighted by Crippen LogP contribution is -2.13. The predicted molar refractivity (Wildman–Crippen MR) is 82.8 cm³/mol. The van der Waals surface area contributed by atoms with Crippen molar-refractivity contribution in [2.75, 3.05) is 7.11 Å². The van der Waals surface area contributed by atoms with Gasteiger partial charge in [-0.15, -0.1) is 0 Å². The molecule has 2 aromatic rings. The lowest BCUT2D eigenvalue weighted by atomic mass is 10.0. The Kier molecular flexibility index (Phi) is 4.81. The second kappa shape index (κ2) is 6.39. The SMILES string of the molecule is CCC(CC)Cn1ncc2cc(Br)cc(C(=O)OC)c21. The molecule has 5 heteroatoms. The number of hydrogen-bond acceptors (Lipinski definition) is 3. The van der Waals surface area contributed by atoms with E-state index < -0.39 is 0 Å². The van der Waals surface area contributed by atoms with Gasteiger partial charge in [0.25, 0.3) is 0 Å². The van der Waals surface area contributed by atoms with Crippen LogP contribution in [0.1, 0.15) is 37.0 Å². The number of aromatic nitrogens is 2. The molecule has 1 heterocycles. The number of fused-ring (bicyclic) bond motifs is 1. The Morgan fingerprint density at radius 3 is 2.70 bits per heavy atom. The smallest absolute Gasteiger partial charge is 0.340 e. The van der Waals surface area contributed by atoms with E-state index in [9.17, 15) is 4.79 Å². The average molecular weight is 339 g/mol. The van der Waals surface area contributed by atoms with Crippen molar-refractivity contribution in [2.45, 2.75) is 33.2 Å². The molecule has 0 unspecified atom stereocenters. The summed E-state index contributed by atoms with van der Waals surface area (Å²) in [5.74, 6) is 0.231. The minimum atomic E-state index is -0.331. The Morgan fingerprint density at radius 2 is 2.10 bits per heavy atom. The molecule has 2 rings (SSSR count). The molecule has 0 fully saturated rings. The second-order valence-corrected chi connectivity index (χ2v) is 5.81. The average Bonchev–Trinajstić information content (AvgIpc) is 2.85. The summed E-state index contributed by atoms with van der Waals surface area (Å²) in [5, 5.41) is 5.39. The van der Waals surface area contributed by atoms with Gasteiger partial charge in [-0.05, 0) is 18.1 Å². The zero-order chi connectivity index (χ0) is 14.7. The molecule has 0 spiro atoms. The van der Waals surface area contributed by atoms with E-state index in [0.29, 0.717) is 11.5 Å². The fraction of sp³-hybridized carbons (Fsp3) is 0.467. The van der Waals surface area contributed by atoms with Crippen LogP contribution in [-0.4, -0.2) is 22.9 Å². The maximum Gasteiger partial charge on any atom is 0.340 e. The van der Waals surface area contributed by atoms with Crippen molar-refractivity contribution in [3.8, 4) is 0 Å². The van der Waals surface area contributed by atoms with Gasteiger partial charge in [0.15, 0.2) is 0 Å². The molecule has 0 aliphatic rings. The molecule has 0 saturated carbocycles. The first-order valence-corrected chi connectivity index (χ1v) is 7.63. The van der Waals surface area contributed by atoms with Gasteiger partial charge in [0.2, 0.25) is 0 Å². The maximum atomic E-state index is 12.0. The third-order valence-electron chi connectivity index (χ3n) is 3.69. The van der Waals surface area contributed by atoms with Gasteiger partial charge in [-0.1, -0.05) is 42.6 Å². The number of benzene rings is 1. The van der Waals surface area contributed by atoms with Crippen LogP contribution in [0.2, 0.25) is 0 Å². The summed E-state index contributed by atoms with van der Waals surface area (Å²) in [6.45, 7) is 5.18. The number of carbonyl (C=O) groups excluding carboxylic acids is 1. The first kappa shape index (κ1) is 15.0. The summed E-state index contributed by atoms with van der Waals surface area (Å²) in [4.78, 5) is 12.0. The monoisotopic (exact) mass is 338 g/mol. The van der Waals surface area contributed by atoms with Crippen LogP contribution in [-0.2, 0) is 11.3 Å². The summed E-state index contributed by atoms with van der Waals surface area (Å²) in [7, 11) is 1.40. The Morgan fingerprint density at radius 1 is 1.40 bits per heavy atom. The van der Waals surface area contributed by atoms with Crippen molar-refractivity contribution < 1.29 is 9.53 Å². The highest BCUT2D eigenvalue weighted by Gasteiger charge is 2.17. The number of nitrogens with zero attached hydrogens (tertiary/aromatic N) is 2. The van der Waals surface area contributed by atoms with Crippen LogP contribution in [0, 0.1) is 5.92 Å². The molecule has 4 nitrogen and oxygen atoms in total. The molecule has 1 aromatic carbocycles. The van der Waals surface area contributed by atoms with E-state index >= 15 is 0 Å². The van der Waals surface area contributed by atoms with E-state index in [-0.39, 0.29) is 5.97 Å². The van der Waals surface area contributed by atoms with E-state index in [1.54, 1.807) is 12.3 Å². The highest BCUT2D eigenvalue weighted by atomic mass is 79.9. The Balaban J connectivity index is 2.54. The van der Waals surface area contributed by atoms with E-state index in [2.05, 4.69) is 34.9 Å². The van der Waals surface area contributed by atoms with Crippen molar-refractivity contribution in [1.82, 2.24) is 9.78 Å². The van der Waals surface area contributed by atoms with E-state index in [0.717, 1.165) is 34.8 Å². The lowest BCUT2D eigenvalue weighted by molar-refractivity contribution is 0.0602. The van der Waals surface area contributed by atoms with Crippen LogP contribution in [0.3, 0.4) is 0 Å². The van der Waals surface area contributed by atoms with Crippen molar-refractivity contribution in [1.29, 1.82) is 0 Å². The summed E-state index contributed by atoms with van der Waals surface area (Å²) < 4.78 is 7.66. The van der Waals surface area contributed by atoms with Gasteiger partial charge in [-0.3, -0.25) is 4.68 Å². The van der Waals surface area contributed by atoms with Crippen LogP contribution < -0.4 is 0 Å². The molecule has 0 saturated heterocycles. The van der Waals surface area contributed by atoms with Crippen molar-refractivity contribution >= 4 is 32.8 Å². The zero-order valence-corrected chi connectivity index (χ0v) is 13.6. The van der Waals surface area contributed by atoms with Crippen LogP contribution in [0.15, 0.2) is 22.8 Å². The lowest BCUT2D eigenvalue weighted by Gasteiger charge is -2.14. The standard InChI is InChI=1S/C15H19BrN2O2/c1-4-10(5-2)9-18-14-11(8-17-18)6-12(16)7-13(14)15(19)20-3/h6-8,10H,4-5,9H2,1-3H3. The molecule has 0 atom stereocenters. The molecular weight excluding hydrogens is 320 g/mol. The number of methoxy groups -OCH3 is 1. The molecule has 1 aromatic heterocycles. The summed E-state index contributed by atoms with van der Waals surface area (Å²) in [6.07, 6.45) is 4.00. The van der Waals surface area contributed by atoms with Crippen molar-refractivity contribution in [3.63, 3.8) is 0 Å². The quantitative estimate of drug-likeness (QED) is 0.773.